The van der Waals surface area contributed by atoms with Crippen molar-refractivity contribution in [3.63, 3.8) is 0 Å². The van der Waals surface area contributed by atoms with Crippen LogP contribution < -0.4 is 0 Å². The molecule has 1 aliphatic rings. The van der Waals surface area contributed by atoms with E-state index < -0.39 is 17.5 Å². The van der Waals surface area contributed by atoms with E-state index in [-0.39, 0.29) is 0 Å². The molecule has 0 radical (unpaired) electrons. The molecule has 24 heavy (non-hydrogen) atoms. The summed E-state index contributed by atoms with van der Waals surface area (Å²) in [6, 6.07) is 9.50. The molecule has 0 spiro atoms. The van der Waals surface area contributed by atoms with Gasteiger partial charge in [-0.05, 0) is 18.4 Å². The first-order chi connectivity index (χ1) is 11.6. The van der Waals surface area contributed by atoms with Gasteiger partial charge in [-0.15, -0.1) is 0 Å². The van der Waals surface area contributed by atoms with Crippen LogP contribution in [0.1, 0.15) is 12.0 Å². The Morgan fingerprint density at radius 1 is 1.29 bits per heavy atom. The van der Waals surface area contributed by atoms with E-state index in [1.807, 2.05) is 30.3 Å². The lowest BCUT2D eigenvalue weighted by atomic mass is 9.73. The molecule has 1 saturated heterocycles. The van der Waals surface area contributed by atoms with Crippen molar-refractivity contribution in [3.05, 3.63) is 35.9 Å². The molecule has 134 valence electrons. The van der Waals surface area contributed by atoms with Crippen LogP contribution in [0.5, 0.6) is 0 Å². The molecule has 6 nitrogen and oxygen atoms in total. The van der Waals surface area contributed by atoms with Gasteiger partial charge in [0.2, 0.25) is 0 Å². The number of methoxy groups -OCH3 is 1. The van der Waals surface area contributed by atoms with Crippen LogP contribution in [0.25, 0.3) is 0 Å². The summed E-state index contributed by atoms with van der Waals surface area (Å²) in [5, 5.41) is 20.3. The molecule has 1 aromatic rings. The summed E-state index contributed by atoms with van der Waals surface area (Å²) in [5.74, 6) is -0.941. The molecule has 2 rings (SSSR count). The smallest absolute Gasteiger partial charge is 0.313 e. The minimum absolute atomic E-state index is 0.325. The number of aliphatic carboxylic acids is 1. The van der Waals surface area contributed by atoms with Gasteiger partial charge in [0, 0.05) is 26.7 Å². The van der Waals surface area contributed by atoms with Gasteiger partial charge in [0.05, 0.1) is 25.9 Å². The van der Waals surface area contributed by atoms with Crippen molar-refractivity contribution in [2.75, 3.05) is 46.6 Å². The summed E-state index contributed by atoms with van der Waals surface area (Å²) in [6.07, 6.45) is -0.0661. The average Bonchev–Trinajstić information content (AvgIpc) is 2.58. The van der Waals surface area contributed by atoms with Crippen molar-refractivity contribution in [2.45, 2.75) is 18.9 Å². The molecule has 0 saturated carbocycles. The fourth-order valence-corrected chi connectivity index (χ4v) is 3.21. The van der Waals surface area contributed by atoms with Crippen molar-refractivity contribution in [3.8, 4) is 0 Å². The first kappa shape index (κ1) is 18.9. The number of carboxylic acids is 1. The highest BCUT2D eigenvalue weighted by Gasteiger charge is 2.49. The Balaban J connectivity index is 2.00. The zero-order valence-electron chi connectivity index (χ0n) is 14.2. The first-order valence-corrected chi connectivity index (χ1v) is 8.33. The summed E-state index contributed by atoms with van der Waals surface area (Å²) < 4.78 is 10.4. The lowest BCUT2D eigenvalue weighted by Crippen LogP contribution is -2.57. The van der Waals surface area contributed by atoms with Crippen LogP contribution in [0.4, 0.5) is 0 Å². The summed E-state index contributed by atoms with van der Waals surface area (Å²) in [6.45, 7) is 3.26. The third-order valence-corrected chi connectivity index (χ3v) is 4.63. The third kappa shape index (κ3) is 4.77. The number of piperidine rings is 1. The first-order valence-electron chi connectivity index (χ1n) is 8.33. The monoisotopic (exact) mass is 337 g/mol. The minimum Gasteiger partial charge on any atom is -0.481 e. The molecule has 1 fully saturated rings. The van der Waals surface area contributed by atoms with Crippen LogP contribution in [0.15, 0.2) is 30.3 Å². The number of hydrogen-bond donors (Lipinski definition) is 2. The number of nitrogens with zero attached hydrogens (tertiary/aromatic N) is 1. The second-order valence-electron chi connectivity index (χ2n) is 6.31. The van der Waals surface area contributed by atoms with Crippen LogP contribution >= 0.6 is 0 Å². The molecule has 2 N–H and O–H groups in total. The van der Waals surface area contributed by atoms with E-state index >= 15 is 0 Å². The quantitative estimate of drug-likeness (QED) is 0.655. The Kier molecular flexibility index (Phi) is 7.17. The van der Waals surface area contributed by atoms with E-state index in [4.69, 9.17) is 9.47 Å². The molecule has 0 amide bonds. The number of aliphatic hydroxyl groups is 1. The van der Waals surface area contributed by atoms with E-state index in [1.54, 1.807) is 7.11 Å². The molecule has 0 unspecified atom stereocenters. The molecule has 0 aromatic heterocycles. The second kappa shape index (κ2) is 9.13. The average molecular weight is 337 g/mol. The zero-order valence-corrected chi connectivity index (χ0v) is 14.2. The molecule has 0 bridgehead atoms. The predicted octanol–water partition coefficient (Wildman–Crippen LogP) is 1.03. The van der Waals surface area contributed by atoms with Gasteiger partial charge < -0.3 is 19.7 Å². The highest BCUT2D eigenvalue weighted by atomic mass is 16.5. The highest BCUT2D eigenvalue weighted by Crippen LogP contribution is 2.34. The Hall–Kier alpha value is -1.47. The van der Waals surface area contributed by atoms with Gasteiger partial charge in [0.25, 0.3) is 0 Å². The van der Waals surface area contributed by atoms with Gasteiger partial charge in [0.1, 0.15) is 5.41 Å². The van der Waals surface area contributed by atoms with E-state index in [1.165, 1.54) is 0 Å². The van der Waals surface area contributed by atoms with Crippen molar-refractivity contribution < 1.29 is 24.5 Å². The zero-order chi connectivity index (χ0) is 17.4. The predicted molar refractivity (Wildman–Crippen MR) is 90.0 cm³/mol. The molecule has 0 aliphatic carbocycles. The van der Waals surface area contributed by atoms with Crippen LogP contribution in [0.3, 0.4) is 0 Å². The topological polar surface area (TPSA) is 79.2 Å². The number of carbonyl (C=O) groups is 1. The summed E-state index contributed by atoms with van der Waals surface area (Å²) in [4.78, 5) is 14.1. The van der Waals surface area contributed by atoms with E-state index in [0.29, 0.717) is 52.3 Å². The lowest BCUT2D eigenvalue weighted by molar-refractivity contribution is -0.163. The fourth-order valence-electron chi connectivity index (χ4n) is 3.21. The third-order valence-electron chi connectivity index (χ3n) is 4.63. The van der Waals surface area contributed by atoms with E-state index in [2.05, 4.69) is 4.90 Å². The molecular formula is C18H27NO5. The van der Waals surface area contributed by atoms with E-state index in [0.717, 1.165) is 5.56 Å². The molecule has 1 aliphatic heterocycles. The molecular weight excluding hydrogens is 310 g/mol. The minimum atomic E-state index is -1.17. The summed E-state index contributed by atoms with van der Waals surface area (Å²) in [7, 11) is 1.63. The Morgan fingerprint density at radius 2 is 2.04 bits per heavy atom. The van der Waals surface area contributed by atoms with Gasteiger partial charge in [-0.25, -0.2) is 0 Å². The van der Waals surface area contributed by atoms with Crippen molar-refractivity contribution in [1.29, 1.82) is 0 Å². The summed E-state index contributed by atoms with van der Waals surface area (Å²) in [5.41, 5.74) is -0.247. The Labute approximate surface area is 143 Å². The molecule has 6 heteroatoms. The van der Waals surface area contributed by atoms with Crippen LogP contribution in [-0.4, -0.2) is 73.8 Å². The van der Waals surface area contributed by atoms with Gasteiger partial charge >= 0.3 is 5.97 Å². The van der Waals surface area contributed by atoms with E-state index in [9.17, 15) is 15.0 Å². The van der Waals surface area contributed by atoms with Gasteiger partial charge in [-0.2, -0.15) is 0 Å². The van der Waals surface area contributed by atoms with Crippen LogP contribution in [0, 0.1) is 5.41 Å². The van der Waals surface area contributed by atoms with Crippen molar-refractivity contribution in [2.24, 2.45) is 5.41 Å². The lowest BCUT2D eigenvalue weighted by Gasteiger charge is -2.43. The number of likely N-dealkylation sites (tertiary alicyclic amines) is 1. The van der Waals surface area contributed by atoms with Crippen LogP contribution in [0.2, 0.25) is 0 Å². The maximum Gasteiger partial charge on any atom is 0.313 e. The van der Waals surface area contributed by atoms with Gasteiger partial charge in [-0.1, -0.05) is 30.3 Å². The number of aliphatic hydroxyl groups excluding tert-OH is 1. The van der Waals surface area contributed by atoms with Gasteiger partial charge in [-0.3, -0.25) is 9.69 Å². The van der Waals surface area contributed by atoms with Crippen molar-refractivity contribution in [1.82, 2.24) is 4.90 Å². The van der Waals surface area contributed by atoms with Crippen molar-refractivity contribution >= 4 is 5.97 Å². The number of hydrogen-bond acceptors (Lipinski definition) is 5. The molecule has 2 atom stereocenters. The second-order valence-corrected chi connectivity index (χ2v) is 6.31. The molecule has 1 aromatic carbocycles. The standard InChI is InChI=1S/C18H27NO5/c1-23-11-12-24-10-9-19-8-7-16(20)18(14-19,17(21)22)13-15-5-3-2-4-6-15/h2-6,16,20H,7-14H2,1H3,(H,21,22)/t16-,18+/m0/s1. The fraction of sp³-hybridized carbons (Fsp3) is 0.611. The normalized spacial score (nSPS) is 24.8. The number of benzene rings is 1. The SMILES string of the molecule is COCCOCCN1CC[C@H](O)[C@](Cc2ccccc2)(C(=O)O)C1. The highest BCUT2D eigenvalue weighted by molar-refractivity contribution is 5.76. The maximum absolute atomic E-state index is 12.0. The molecule has 1 heterocycles. The summed E-state index contributed by atoms with van der Waals surface area (Å²) >= 11 is 0. The van der Waals surface area contributed by atoms with Gasteiger partial charge in [0.15, 0.2) is 0 Å². The maximum atomic E-state index is 12.0. The number of rotatable bonds is 9. The van der Waals surface area contributed by atoms with Crippen LogP contribution in [-0.2, 0) is 20.7 Å². The Morgan fingerprint density at radius 3 is 2.71 bits per heavy atom. The largest absolute Gasteiger partial charge is 0.481 e. The number of carboxylic acid groups (broad SMARTS) is 1. The number of ether oxygens (including phenoxy) is 2. The Bertz CT molecular complexity index is 509.